The summed E-state index contributed by atoms with van der Waals surface area (Å²) in [6, 6.07) is 4.81. The zero-order valence-corrected chi connectivity index (χ0v) is 12.2. The number of hydrogen-bond acceptors (Lipinski definition) is 3. The Morgan fingerprint density at radius 1 is 1.05 bits per heavy atom. The molecule has 1 amide bonds. The van der Waals surface area contributed by atoms with Crippen LogP contribution in [0.4, 0.5) is 18.3 Å². The summed E-state index contributed by atoms with van der Waals surface area (Å²) in [5.74, 6) is -2.97. The first-order chi connectivity index (χ1) is 10.4. The fraction of sp³-hybridized carbons (Fsp3) is 0. The minimum Gasteiger partial charge on any atom is -0.298 e. The molecule has 112 valence electrons. The highest BCUT2D eigenvalue weighted by molar-refractivity contribution is 7.22. The number of aromatic nitrogens is 1. The molecule has 0 aliphatic carbocycles. The quantitative estimate of drug-likeness (QED) is 0.738. The van der Waals surface area contributed by atoms with Crippen LogP contribution < -0.4 is 5.32 Å². The van der Waals surface area contributed by atoms with Gasteiger partial charge in [-0.1, -0.05) is 22.9 Å². The fourth-order valence-electron chi connectivity index (χ4n) is 1.86. The molecule has 1 aromatic heterocycles. The average molecular weight is 343 g/mol. The molecule has 3 rings (SSSR count). The predicted octanol–water partition coefficient (Wildman–Crippen LogP) is 4.62. The molecule has 0 atom stereocenters. The van der Waals surface area contributed by atoms with Crippen molar-refractivity contribution in [3.05, 3.63) is 58.4 Å². The van der Waals surface area contributed by atoms with Gasteiger partial charge < -0.3 is 0 Å². The number of halogens is 4. The lowest BCUT2D eigenvalue weighted by Gasteiger charge is -2.02. The maximum atomic E-state index is 13.2. The summed E-state index contributed by atoms with van der Waals surface area (Å²) in [5, 5.41) is 2.67. The van der Waals surface area contributed by atoms with E-state index in [9.17, 15) is 18.0 Å². The molecule has 1 heterocycles. The Balaban J connectivity index is 1.92. The van der Waals surface area contributed by atoms with Gasteiger partial charge in [-0.2, -0.15) is 0 Å². The van der Waals surface area contributed by atoms with Crippen molar-refractivity contribution < 1.29 is 18.0 Å². The van der Waals surface area contributed by atoms with E-state index in [2.05, 4.69) is 10.3 Å². The number of nitrogens with zero attached hydrogens (tertiary/aromatic N) is 1. The Morgan fingerprint density at radius 3 is 2.36 bits per heavy atom. The second-order valence-electron chi connectivity index (χ2n) is 4.37. The Bertz CT molecular complexity index is 877. The number of hydrogen-bond donors (Lipinski definition) is 1. The molecule has 0 saturated carbocycles. The van der Waals surface area contributed by atoms with E-state index >= 15 is 0 Å². The lowest BCUT2D eigenvalue weighted by molar-refractivity contribution is 0.102. The van der Waals surface area contributed by atoms with Crippen LogP contribution in [0.2, 0.25) is 5.02 Å². The van der Waals surface area contributed by atoms with Crippen LogP contribution in [0.5, 0.6) is 0 Å². The van der Waals surface area contributed by atoms with Gasteiger partial charge in [-0.15, -0.1) is 0 Å². The lowest BCUT2D eigenvalue weighted by Crippen LogP contribution is -2.12. The van der Waals surface area contributed by atoms with Gasteiger partial charge in [-0.25, -0.2) is 18.2 Å². The molecule has 0 radical (unpaired) electrons. The number of anilines is 1. The van der Waals surface area contributed by atoms with Crippen LogP contribution in [-0.2, 0) is 0 Å². The molecular formula is C14H6ClF3N2OS. The number of fused-ring (bicyclic) bond motifs is 1. The van der Waals surface area contributed by atoms with Crippen LogP contribution in [0.25, 0.3) is 10.2 Å². The number of rotatable bonds is 2. The van der Waals surface area contributed by atoms with E-state index in [4.69, 9.17) is 11.6 Å². The van der Waals surface area contributed by atoms with Crippen LogP contribution in [0.1, 0.15) is 10.4 Å². The van der Waals surface area contributed by atoms with Gasteiger partial charge in [-0.3, -0.25) is 10.1 Å². The van der Waals surface area contributed by atoms with Crippen LogP contribution in [-0.4, -0.2) is 10.9 Å². The standard InChI is InChI=1S/C14H6ClF3N2OS/c15-10-4-9(18)5-11-12(10)19-14(22-11)20-13(21)6-1-7(16)3-8(17)2-6/h1-5H,(H,19,20,21). The maximum Gasteiger partial charge on any atom is 0.257 e. The molecule has 22 heavy (non-hydrogen) atoms. The van der Waals surface area contributed by atoms with Crippen LogP contribution in [0, 0.1) is 17.5 Å². The lowest BCUT2D eigenvalue weighted by atomic mass is 10.2. The molecule has 0 aliphatic rings. The monoisotopic (exact) mass is 342 g/mol. The number of carbonyl (C=O) groups is 1. The molecule has 0 spiro atoms. The minimum absolute atomic E-state index is 0.114. The van der Waals surface area contributed by atoms with E-state index in [-0.39, 0.29) is 15.7 Å². The normalized spacial score (nSPS) is 10.9. The Morgan fingerprint density at radius 2 is 1.68 bits per heavy atom. The van der Waals surface area contributed by atoms with Crippen molar-refractivity contribution >= 4 is 44.2 Å². The summed E-state index contributed by atoms with van der Waals surface area (Å²) >= 11 is 6.87. The SMILES string of the molecule is O=C(Nc1nc2c(Cl)cc(F)cc2s1)c1cc(F)cc(F)c1. The van der Waals surface area contributed by atoms with Gasteiger partial charge in [0.25, 0.3) is 5.91 Å². The average Bonchev–Trinajstić information content (AvgIpc) is 2.80. The summed E-state index contributed by atoms with van der Waals surface area (Å²) in [5.41, 5.74) is 0.155. The number of thiazole rings is 1. The fourth-order valence-corrected chi connectivity index (χ4v) is 3.08. The Labute approximate surface area is 131 Å². The van der Waals surface area contributed by atoms with Crippen LogP contribution >= 0.6 is 22.9 Å². The molecule has 8 heteroatoms. The van der Waals surface area contributed by atoms with Crippen molar-refractivity contribution in [2.75, 3.05) is 5.32 Å². The van der Waals surface area contributed by atoms with Crippen LogP contribution in [0.15, 0.2) is 30.3 Å². The third kappa shape index (κ3) is 2.90. The third-order valence-corrected chi connectivity index (χ3v) is 3.96. The second kappa shape index (κ2) is 5.58. The summed E-state index contributed by atoms with van der Waals surface area (Å²) in [7, 11) is 0. The zero-order valence-electron chi connectivity index (χ0n) is 10.7. The highest BCUT2D eigenvalue weighted by Gasteiger charge is 2.14. The first kappa shape index (κ1) is 14.8. The number of amides is 1. The molecule has 3 nitrogen and oxygen atoms in total. The highest BCUT2D eigenvalue weighted by atomic mass is 35.5. The third-order valence-electron chi connectivity index (χ3n) is 2.76. The van der Waals surface area contributed by atoms with Gasteiger partial charge in [-0.05, 0) is 24.3 Å². The van der Waals surface area contributed by atoms with Gasteiger partial charge in [0.15, 0.2) is 5.13 Å². The number of benzene rings is 2. The smallest absolute Gasteiger partial charge is 0.257 e. The number of nitrogens with one attached hydrogen (secondary N) is 1. The number of carbonyl (C=O) groups excluding carboxylic acids is 1. The van der Waals surface area contributed by atoms with Gasteiger partial charge in [0.05, 0.1) is 9.72 Å². The molecule has 0 saturated heterocycles. The van der Waals surface area contributed by atoms with E-state index in [0.717, 1.165) is 29.5 Å². The summed E-state index contributed by atoms with van der Waals surface area (Å²) in [6.07, 6.45) is 0. The predicted molar refractivity (Wildman–Crippen MR) is 78.9 cm³/mol. The van der Waals surface area contributed by atoms with Crippen molar-refractivity contribution in [1.29, 1.82) is 0 Å². The zero-order chi connectivity index (χ0) is 15.9. The van der Waals surface area contributed by atoms with Crippen molar-refractivity contribution in [1.82, 2.24) is 4.98 Å². The largest absolute Gasteiger partial charge is 0.298 e. The van der Waals surface area contributed by atoms with Gasteiger partial charge in [0, 0.05) is 11.6 Å². The first-order valence-corrected chi connectivity index (χ1v) is 7.15. The maximum absolute atomic E-state index is 13.2. The van der Waals surface area contributed by atoms with Crippen LogP contribution in [0.3, 0.4) is 0 Å². The van der Waals surface area contributed by atoms with Crippen molar-refractivity contribution in [2.24, 2.45) is 0 Å². The van der Waals surface area contributed by atoms with Gasteiger partial charge in [0.1, 0.15) is 23.0 Å². The van der Waals surface area contributed by atoms with E-state index in [1.807, 2.05) is 0 Å². The van der Waals surface area contributed by atoms with Gasteiger partial charge >= 0.3 is 0 Å². The highest BCUT2D eigenvalue weighted by Crippen LogP contribution is 2.32. The summed E-state index contributed by atoms with van der Waals surface area (Å²) in [6.45, 7) is 0. The Hall–Kier alpha value is -2.12. The Kier molecular flexibility index (Phi) is 3.76. The van der Waals surface area contributed by atoms with E-state index in [0.29, 0.717) is 16.3 Å². The van der Waals surface area contributed by atoms with E-state index in [1.54, 1.807) is 0 Å². The second-order valence-corrected chi connectivity index (χ2v) is 5.80. The van der Waals surface area contributed by atoms with E-state index in [1.165, 1.54) is 6.07 Å². The molecular weight excluding hydrogens is 337 g/mol. The van der Waals surface area contributed by atoms with Crippen molar-refractivity contribution in [3.63, 3.8) is 0 Å². The molecule has 2 aromatic carbocycles. The van der Waals surface area contributed by atoms with E-state index < -0.39 is 23.4 Å². The molecule has 0 fully saturated rings. The molecule has 3 aromatic rings. The first-order valence-electron chi connectivity index (χ1n) is 5.95. The molecule has 1 N–H and O–H groups in total. The summed E-state index contributed by atoms with van der Waals surface area (Å²) < 4.78 is 39.9. The molecule has 0 unspecified atom stereocenters. The topological polar surface area (TPSA) is 42.0 Å². The van der Waals surface area contributed by atoms with Crippen molar-refractivity contribution in [2.45, 2.75) is 0 Å². The molecule has 0 aliphatic heterocycles. The minimum atomic E-state index is -0.862. The summed E-state index contributed by atoms with van der Waals surface area (Å²) in [4.78, 5) is 16.0. The van der Waals surface area contributed by atoms with Gasteiger partial charge in [0.2, 0.25) is 0 Å². The molecule has 0 bridgehead atoms. The van der Waals surface area contributed by atoms with Crippen molar-refractivity contribution in [3.8, 4) is 0 Å².